The number of nitrogens with zero attached hydrogens (tertiary/aromatic N) is 1. The second-order valence-corrected chi connectivity index (χ2v) is 3.11. The van der Waals surface area contributed by atoms with Gasteiger partial charge in [0.1, 0.15) is 5.76 Å². The van der Waals surface area contributed by atoms with Gasteiger partial charge in [-0.25, -0.2) is 0 Å². The van der Waals surface area contributed by atoms with Crippen LogP contribution in [0.2, 0.25) is 0 Å². The first-order valence-electron chi connectivity index (χ1n) is 4.79. The van der Waals surface area contributed by atoms with E-state index in [1.54, 1.807) is 6.26 Å². The summed E-state index contributed by atoms with van der Waals surface area (Å²) in [6.07, 6.45) is 1.66. The lowest BCUT2D eigenvalue weighted by Crippen LogP contribution is -2.31. The van der Waals surface area contributed by atoms with Gasteiger partial charge in [-0.05, 0) is 25.2 Å². The van der Waals surface area contributed by atoms with Crippen molar-refractivity contribution in [2.24, 2.45) is 5.73 Å². The van der Waals surface area contributed by atoms with E-state index in [0.29, 0.717) is 0 Å². The first-order valence-corrected chi connectivity index (χ1v) is 4.79. The van der Waals surface area contributed by atoms with Crippen LogP contribution in [-0.2, 0) is 0 Å². The highest BCUT2D eigenvalue weighted by Gasteiger charge is 2.11. The summed E-state index contributed by atoms with van der Waals surface area (Å²) in [6, 6.07) is 3.79. The van der Waals surface area contributed by atoms with Gasteiger partial charge in [-0.1, -0.05) is 13.8 Å². The Morgan fingerprint density at radius 3 is 2.62 bits per heavy atom. The normalized spacial score (nSPS) is 13.5. The molecule has 1 heterocycles. The maximum absolute atomic E-state index is 5.96. The smallest absolute Gasteiger partial charge is 0.121 e. The second-order valence-electron chi connectivity index (χ2n) is 3.11. The molecule has 0 radical (unpaired) electrons. The van der Waals surface area contributed by atoms with Gasteiger partial charge in [0.05, 0.1) is 12.3 Å². The van der Waals surface area contributed by atoms with Gasteiger partial charge in [-0.3, -0.25) is 0 Å². The number of rotatable bonds is 5. The van der Waals surface area contributed by atoms with Crippen LogP contribution in [0.1, 0.15) is 25.6 Å². The van der Waals surface area contributed by atoms with Crippen molar-refractivity contribution in [1.29, 1.82) is 0 Å². The Hall–Kier alpha value is -0.800. The Labute approximate surface area is 79.5 Å². The minimum atomic E-state index is -0.00472. The van der Waals surface area contributed by atoms with Crippen LogP contribution in [0.5, 0.6) is 0 Å². The standard InChI is InChI=1S/C10H18N2O/c1-3-12(4-2)8-9(11)10-6-5-7-13-10/h5-7,9H,3-4,8,11H2,1-2H3. The monoisotopic (exact) mass is 182 g/mol. The Bertz CT molecular complexity index is 217. The molecule has 74 valence electrons. The van der Waals surface area contributed by atoms with Crippen LogP contribution in [0.25, 0.3) is 0 Å². The molecule has 0 bridgehead atoms. The second kappa shape index (κ2) is 5.04. The fraction of sp³-hybridized carbons (Fsp3) is 0.600. The van der Waals surface area contributed by atoms with Gasteiger partial charge < -0.3 is 15.1 Å². The zero-order chi connectivity index (χ0) is 9.68. The van der Waals surface area contributed by atoms with Crippen LogP contribution in [-0.4, -0.2) is 24.5 Å². The molecule has 2 N–H and O–H groups in total. The van der Waals surface area contributed by atoms with E-state index in [1.165, 1.54) is 0 Å². The fourth-order valence-electron chi connectivity index (χ4n) is 1.35. The molecular formula is C10H18N2O. The molecule has 1 unspecified atom stereocenters. The summed E-state index contributed by atoms with van der Waals surface area (Å²) in [4.78, 5) is 2.28. The summed E-state index contributed by atoms with van der Waals surface area (Å²) in [5.41, 5.74) is 5.96. The zero-order valence-corrected chi connectivity index (χ0v) is 8.36. The van der Waals surface area contributed by atoms with Crippen molar-refractivity contribution in [2.45, 2.75) is 19.9 Å². The van der Waals surface area contributed by atoms with Crippen molar-refractivity contribution in [3.05, 3.63) is 24.2 Å². The third kappa shape index (κ3) is 2.86. The SMILES string of the molecule is CCN(CC)CC(N)c1ccco1. The largest absolute Gasteiger partial charge is 0.468 e. The van der Waals surface area contributed by atoms with Crippen molar-refractivity contribution < 1.29 is 4.42 Å². The molecule has 13 heavy (non-hydrogen) atoms. The highest BCUT2D eigenvalue weighted by Crippen LogP contribution is 2.11. The molecule has 0 aliphatic carbocycles. The third-order valence-electron chi connectivity index (χ3n) is 2.26. The van der Waals surface area contributed by atoms with E-state index in [4.69, 9.17) is 10.2 Å². The molecule has 0 saturated carbocycles. The van der Waals surface area contributed by atoms with Gasteiger partial charge in [0.15, 0.2) is 0 Å². The molecular weight excluding hydrogens is 164 g/mol. The fourth-order valence-corrected chi connectivity index (χ4v) is 1.35. The Morgan fingerprint density at radius 2 is 2.15 bits per heavy atom. The summed E-state index contributed by atoms with van der Waals surface area (Å²) in [5, 5.41) is 0. The zero-order valence-electron chi connectivity index (χ0n) is 8.36. The lowest BCUT2D eigenvalue weighted by molar-refractivity contribution is 0.271. The lowest BCUT2D eigenvalue weighted by Gasteiger charge is -2.21. The molecule has 0 aromatic carbocycles. The first kappa shape index (κ1) is 10.3. The lowest BCUT2D eigenvalue weighted by atomic mass is 10.2. The molecule has 3 heteroatoms. The molecule has 3 nitrogen and oxygen atoms in total. The molecule has 0 aliphatic rings. The van der Waals surface area contributed by atoms with Gasteiger partial charge in [0.2, 0.25) is 0 Å². The molecule has 0 saturated heterocycles. The van der Waals surface area contributed by atoms with Crippen molar-refractivity contribution in [1.82, 2.24) is 4.90 Å². The van der Waals surface area contributed by atoms with Crippen molar-refractivity contribution >= 4 is 0 Å². The minimum Gasteiger partial charge on any atom is -0.468 e. The average molecular weight is 182 g/mol. The van der Waals surface area contributed by atoms with E-state index in [0.717, 1.165) is 25.4 Å². The van der Waals surface area contributed by atoms with Crippen LogP contribution < -0.4 is 5.73 Å². The number of furan rings is 1. The number of hydrogen-bond acceptors (Lipinski definition) is 3. The maximum Gasteiger partial charge on any atom is 0.121 e. The maximum atomic E-state index is 5.96. The highest BCUT2D eigenvalue weighted by molar-refractivity contribution is 5.03. The Kier molecular flexibility index (Phi) is 3.99. The van der Waals surface area contributed by atoms with E-state index in [2.05, 4.69) is 18.7 Å². The molecule has 0 fully saturated rings. The Morgan fingerprint density at radius 1 is 1.46 bits per heavy atom. The van der Waals surface area contributed by atoms with Crippen LogP contribution in [0.3, 0.4) is 0 Å². The van der Waals surface area contributed by atoms with Crippen LogP contribution >= 0.6 is 0 Å². The predicted molar refractivity (Wildman–Crippen MR) is 53.4 cm³/mol. The van der Waals surface area contributed by atoms with Gasteiger partial charge in [0.25, 0.3) is 0 Å². The molecule has 1 aromatic heterocycles. The van der Waals surface area contributed by atoms with Crippen LogP contribution in [0.4, 0.5) is 0 Å². The summed E-state index contributed by atoms with van der Waals surface area (Å²) in [6.45, 7) is 7.20. The molecule has 1 atom stereocenters. The van der Waals surface area contributed by atoms with Crippen molar-refractivity contribution in [3.63, 3.8) is 0 Å². The molecule has 1 rings (SSSR count). The quantitative estimate of drug-likeness (QED) is 0.752. The minimum absolute atomic E-state index is 0.00472. The van der Waals surface area contributed by atoms with Crippen molar-refractivity contribution in [3.8, 4) is 0 Å². The Balaban J connectivity index is 2.45. The third-order valence-corrected chi connectivity index (χ3v) is 2.26. The average Bonchev–Trinajstić information content (AvgIpc) is 2.66. The molecule has 0 amide bonds. The van der Waals surface area contributed by atoms with E-state index in [9.17, 15) is 0 Å². The van der Waals surface area contributed by atoms with E-state index in [1.807, 2.05) is 12.1 Å². The first-order chi connectivity index (χ1) is 6.27. The van der Waals surface area contributed by atoms with Gasteiger partial charge >= 0.3 is 0 Å². The summed E-state index contributed by atoms with van der Waals surface area (Å²) in [5.74, 6) is 0.868. The molecule has 1 aromatic rings. The van der Waals surface area contributed by atoms with Gasteiger partial charge in [-0.2, -0.15) is 0 Å². The predicted octanol–water partition coefficient (Wildman–Crippen LogP) is 1.62. The van der Waals surface area contributed by atoms with E-state index >= 15 is 0 Å². The van der Waals surface area contributed by atoms with Crippen LogP contribution in [0, 0.1) is 0 Å². The summed E-state index contributed by atoms with van der Waals surface area (Å²) < 4.78 is 5.23. The van der Waals surface area contributed by atoms with Gasteiger partial charge in [0, 0.05) is 6.54 Å². The van der Waals surface area contributed by atoms with E-state index < -0.39 is 0 Å². The summed E-state index contributed by atoms with van der Waals surface area (Å²) >= 11 is 0. The van der Waals surface area contributed by atoms with Crippen LogP contribution in [0.15, 0.2) is 22.8 Å². The summed E-state index contributed by atoms with van der Waals surface area (Å²) in [7, 11) is 0. The molecule has 0 spiro atoms. The highest BCUT2D eigenvalue weighted by atomic mass is 16.3. The van der Waals surface area contributed by atoms with Gasteiger partial charge in [-0.15, -0.1) is 0 Å². The number of likely N-dealkylation sites (N-methyl/N-ethyl adjacent to an activating group) is 1. The van der Waals surface area contributed by atoms with E-state index in [-0.39, 0.29) is 6.04 Å². The number of nitrogens with two attached hydrogens (primary N) is 1. The number of hydrogen-bond donors (Lipinski definition) is 1. The topological polar surface area (TPSA) is 42.4 Å². The molecule has 0 aliphatic heterocycles. The van der Waals surface area contributed by atoms with Crippen molar-refractivity contribution in [2.75, 3.05) is 19.6 Å².